The standard InChI is InChI=1S/C12H19N3O/c1-11-13-9-12(10-14-11)3-2-4-15-5-7-16-8-6-15/h9-10H,2-8H2,1H3. The van der Waals surface area contributed by atoms with Crippen molar-refractivity contribution in [3.8, 4) is 0 Å². The Bertz CT molecular complexity index is 307. The van der Waals surface area contributed by atoms with Crippen LogP contribution in [0.5, 0.6) is 0 Å². The van der Waals surface area contributed by atoms with Crippen LogP contribution in [0, 0.1) is 6.92 Å². The van der Waals surface area contributed by atoms with Gasteiger partial charge in [0.1, 0.15) is 5.82 Å². The average Bonchev–Trinajstić information content (AvgIpc) is 2.33. The molecule has 1 aliphatic rings. The Morgan fingerprint density at radius 1 is 1.25 bits per heavy atom. The second-order valence-electron chi connectivity index (χ2n) is 4.20. The van der Waals surface area contributed by atoms with Crippen molar-refractivity contribution in [1.29, 1.82) is 0 Å². The van der Waals surface area contributed by atoms with E-state index in [2.05, 4.69) is 14.9 Å². The highest BCUT2D eigenvalue weighted by molar-refractivity contribution is 5.04. The summed E-state index contributed by atoms with van der Waals surface area (Å²) in [6.07, 6.45) is 6.10. The van der Waals surface area contributed by atoms with E-state index in [9.17, 15) is 0 Å². The lowest BCUT2D eigenvalue weighted by Crippen LogP contribution is -2.36. The van der Waals surface area contributed by atoms with E-state index in [1.807, 2.05) is 19.3 Å². The van der Waals surface area contributed by atoms with Gasteiger partial charge in [-0.2, -0.15) is 0 Å². The van der Waals surface area contributed by atoms with Crippen molar-refractivity contribution >= 4 is 0 Å². The molecule has 16 heavy (non-hydrogen) atoms. The number of nitrogens with zero attached hydrogens (tertiary/aromatic N) is 3. The number of ether oxygens (including phenoxy) is 1. The molecule has 1 fully saturated rings. The van der Waals surface area contributed by atoms with Crippen molar-refractivity contribution in [2.24, 2.45) is 0 Å². The Labute approximate surface area is 96.7 Å². The molecule has 0 spiro atoms. The highest BCUT2D eigenvalue weighted by Gasteiger charge is 2.09. The second-order valence-corrected chi connectivity index (χ2v) is 4.20. The van der Waals surface area contributed by atoms with E-state index < -0.39 is 0 Å². The topological polar surface area (TPSA) is 38.2 Å². The van der Waals surface area contributed by atoms with Crippen molar-refractivity contribution in [3.63, 3.8) is 0 Å². The van der Waals surface area contributed by atoms with Crippen LogP contribution in [0.1, 0.15) is 17.8 Å². The van der Waals surface area contributed by atoms with Crippen LogP contribution in [0.15, 0.2) is 12.4 Å². The summed E-state index contributed by atoms with van der Waals surface area (Å²) < 4.78 is 5.32. The Kier molecular flexibility index (Phi) is 4.25. The van der Waals surface area contributed by atoms with Gasteiger partial charge in [-0.15, -0.1) is 0 Å². The van der Waals surface area contributed by atoms with Crippen LogP contribution in [0.3, 0.4) is 0 Å². The molecule has 0 atom stereocenters. The zero-order chi connectivity index (χ0) is 11.2. The monoisotopic (exact) mass is 221 g/mol. The van der Waals surface area contributed by atoms with Crippen molar-refractivity contribution < 1.29 is 4.74 Å². The number of hydrogen-bond donors (Lipinski definition) is 0. The molecule has 1 aromatic rings. The van der Waals surface area contributed by atoms with E-state index in [4.69, 9.17) is 4.74 Å². The fraction of sp³-hybridized carbons (Fsp3) is 0.667. The molecule has 0 saturated carbocycles. The molecule has 0 radical (unpaired) electrons. The molecular formula is C12H19N3O. The third-order valence-electron chi connectivity index (χ3n) is 2.88. The van der Waals surface area contributed by atoms with Crippen molar-refractivity contribution in [1.82, 2.24) is 14.9 Å². The van der Waals surface area contributed by atoms with Gasteiger partial charge in [0.05, 0.1) is 13.2 Å². The lowest BCUT2D eigenvalue weighted by molar-refractivity contribution is 0.0374. The maximum Gasteiger partial charge on any atom is 0.125 e. The summed E-state index contributed by atoms with van der Waals surface area (Å²) in [7, 11) is 0. The van der Waals surface area contributed by atoms with E-state index >= 15 is 0 Å². The van der Waals surface area contributed by atoms with Gasteiger partial charge in [0, 0.05) is 25.5 Å². The lowest BCUT2D eigenvalue weighted by atomic mass is 10.2. The predicted molar refractivity (Wildman–Crippen MR) is 62.3 cm³/mol. The first-order valence-corrected chi connectivity index (χ1v) is 5.92. The summed E-state index contributed by atoms with van der Waals surface area (Å²) >= 11 is 0. The first kappa shape index (κ1) is 11.5. The minimum absolute atomic E-state index is 0.844. The fourth-order valence-corrected chi connectivity index (χ4v) is 1.88. The number of morpholine rings is 1. The molecule has 1 aliphatic heterocycles. The highest BCUT2D eigenvalue weighted by atomic mass is 16.5. The Morgan fingerprint density at radius 2 is 1.94 bits per heavy atom. The van der Waals surface area contributed by atoms with Crippen LogP contribution >= 0.6 is 0 Å². The predicted octanol–water partition coefficient (Wildman–Crippen LogP) is 1.05. The van der Waals surface area contributed by atoms with Crippen LogP contribution in [-0.2, 0) is 11.2 Å². The summed E-state index contributed by atoms with van der Waals surface area (Å²) in [4.78, 5) is 10.9. The van der Waals surface area contributed by atoms with Gasteiger partial charge in [-0.3, -0.25) is 4.90 Å². The van der Waals surface area contributed by atoms with E-state index in [0.29, 0.717) is 0 Å². The molecular weight excluding hydrogens is 202 g/mol. The molecule has 4 nitrogen and oxygen atoms in total. The molecule has 2 heterocycles. The molecule has 1 aromatic heterocycles. The largest absolute Gasteiger partial charge is 0.379 e. The minimum Gasteiger partial charge on any atom is -0.379 e. The third-order valence-corrected chi connectivity index (χ3v) is 2.88. The quantitative estimate of drug-likeness (QED) is 0.761. The molecule has 88 valence electrons. The van der Waals surface area contributed by atoms with Crippen LogP contribution in [-0.4, -0.2) is 47.7 Å². The second kappa shape index (κ2) is 5.92. The van der Waals surface area contributed by atoms with Crippen molar-refractivity contribution in [2.45, 2.75) is 19.8 Å². The number of aryl methyl sites for hydroxylation is 2. The van der Waals surface area contributed by atoms with Crippen LogP contribution < -0.4 is 0 Å². The molecule has 0 aliphatic carbocycles. The Hall–Kier alpha value is -1.00. The van der Waals surface area contributed by atoms with Gasteiger partial charge < -0.3 is 4.74 Å². The van der Waals surface area contributed by atoms with E-state index in [-0.39, 0.29) is 0 Å². The SMILES string of the molecule is Cc1ncc(CCCN2CCOCC2)cn1. The molecule has 0 aromatic carbocycles. The Balaban J connectivity index is 1.69. The van der Waals surface area contributed by atoms with Gasteiger partial charge in [0.2, 0.25) is 0 Å². The molecule has 1 saturated heterocycles. The number of rotatable bonds is 4. The van der Waals surface area contributed by atoms with Crippen LogP contribution in [0.25, 0.3) is 0 Å². The number of aromatic nitrogens is 2. The summed E-state index contributed by atoms with van der Waals surface area (Å²) in [6, 6.07) is 0. The van der Waals surface area contributed by atoms with E-state index in [1.165, 1.54) is 12.0 Å². The smallest absolute Gasteiger partial charge is 0.125 e. The third kappa shape index (κ3) is 3.54. The van der Waals surface area contributed by atoms with E-state index in [1.54, 1.807) is 0 Å². The summed E-state index contributed by atoms with van der Waals surface area (Å²) in [5.41, 5.74) is 1.24. The molecule has 2 rings (SSSR count). The Morgan fingerprint density at radius 3 is 2.62 bits per heavy atom. The van der Waals surface area contributed by atoms with Crippen LogP contribution in [0.2, 0.25) is 0 Å². The minimum atomic E-state index is 0.844. The maximum atomic E-state index is 5.32. The summed E-state index contributed by atoms with van der Waals surface area (Å²) in [5.74, 6) is 0.844. The van der Waals surface area contributed by atoms with Gasteiger partial charge in [-0.05, 0) is 31.9 Å². The van der Waals surface area contributed by atoms with Gasteiger partial charge in [-0.25, -0.2) is 9.97 Å². The highest BCUT2D eigenvalue weighted by Crippen LogP contribution is 2.03. The lowest BCUT2D eigenvalue weighted by Gasteiger charge is -2.26. The van der Waals surface area contributed by atoms with Gasteiger partial charge in [0.15, 0.2) is 0 Å². The molecule has 0 amide bonds. The zero-order valence-electron chi connectivity index (χ0n) is 9.85. The zero-order valence-corrected chi connectivity index (χ0v) is 9.85. The molecule has 4 heteroatoms. The summed E-state index contributed by atoms with van der Waals surface area (Å²) in [6.45, 7) is 6.98. The molecule has 0 bridgehead atoms. The van der Waals surface area contributed by atoms with Gasteiger partial charge in [-0.1, -0.05) is 0 Å². The molecule has 0 N–H and O–H groups in total. The normalized spacial score (nSPS) is 17.6. The van der Waals surface area contributed by atoms with Crippen LogP contribution in [0.4, 0.5) is 0 Å². The first-order valence-electron chi connectivity index (χ1n) is 5.92. The fourth-order valence-electron chi connectivity index (χ4n) is 1.88. The van der Waals surface area contributed by atoms with Gasteiger partial charge in [0.25, 0.3) is 0 Å². The van der Waals surface area contributed by atoms with Gasteiger partial charge >= 0.3 is 0 Å². The molecule has 0 unspecified atom stereocenters. The first-order chi connectivity index (χ1) is 7.84. The van der Waals surface area contributed by atoms with Crippen molar-refractivity contribution in [3.05, 3.63) is 23.8 Å². The maximum absolute atomic E-state index is 5.32. The summed E-state index contributed by atoms with van der Waals surface area (Å²) in [5, 5.41) is 0. The number of hydrogen-bond acceptors (Lipinski definition) is 4. The van der Waals surface area contributed by atoms with Crippen molar-refractivity contribution in [2.75, 3.05) is 32.8 Å². The average molecular weight is 221 g/mol. The van der Waals surface area contributed by atoms with E-state index in [0.717, 1.165) is 45.1 Å².